The first-order valence-corrected chi connectivity index (χ1v) is 6.60. The molecule has 19 heavy (non-hydrogen) atoms. The lowest BCUT2D eigenvalue weighted by Gasteiger charge is -2.18. The molecule has 0 unspecified atom stereocenters. The van der Waals surface area contributed by atoms with E-state index in [4.69, 9.17) is 0 Å². The smallest absolute Gasteiger partial charge is 0.174 e. The maximum atomic E-state index is 12.1. The Kier molecular flexibility index (Phi) is 4.63. The molecule has 0 aliphatic heterocycles. The molecule has 0 saturated carbocycles. The van der Waals surface area contributed by atoms with Crippen molar-refractivity contribution in [3.63, 3.8) is 0 Å². The average Bonchev–Trinajstić information content (AvgIpc) is 2.27. The normalized spacial score (nSPS) is 11.5. The van der Waals surface area contributed by atoms with Crippen molar-refractivity contribution >= 4 is 18.5 Å². The minimum Gasteiger partial charge on any atom is -0.294 e. The van der Waals surface area contributed by atoms with E-state index in [0.29, 0.717) is 0 Å². The van der Waals surface area contributed by atoms with Gasteiger partial charge in [-0.05, 0) is 6.92 Å². The van der Waals surface area contributed by atoms with Crippen LogP contribution in [-0.4, -0.2) is 13.1 Å². The molecule has 0 atom stereocenters. The number of carbonyl (C=O) groups is 1. The predicted octanol–water partition coefficient (Wildman–Crippen LogP) is 3.47. The van der Waals surface area contributed by atoms with E-state index in [1.54, 1.807) is 0 Å². The molecule has 0 N–H and O–H groups in total. The Bertz CT molecular complexity index is 507. The van der Waals surface area contributed by atoms with Crippen molar-refractivity contribution in [3.8, 4) is 11.8 Å². The fourth-order valence-electron chi connectivity index (χ4n) is 1.94. The summed E-state index contributed by atoms with van der Waals surface area (Å²) in [6.07, 6.45) is 0. The van der Waals surface area contributed by atoms with Crippen LogP contribution in [0.15, 0.2) is 24.3 Å². The minimum atomic E-state index is -0.335. The lowest BCUT2D eigenvalue weighted by Crippen LogP contribution is -2.25. The Labute approximate surface area is 118 Å². The van der Waals surface area contributed by atoms with E-state index in [1.165, 1.54) is 0 Å². The Balaban J connectivity index is 2.88. The number of rotatable bonds is 3. The maximum absolute atomic E-state index is 12.1. The molecule has 1 radical (unpaired) electrons. The zero-order valence-corrected chi connectivity index (χ0v) is 12.8. The zero-order chi connectivity index (χ0) is 14.7. The lowest BCUT2D eigenvalue weighted by molar-refractivity contribution is 0.0858. The highest BCUT2D eigenvalue weighted by atomic mass is 16.1. The lowest BCUT2D eigenvalue weighted by atomic mass is 9.50. The van der Waals surface area contributed by atoms with Gasteiger partial charge in [0.05, 0.1) is 0 Å². The van der Waals surface area contributed by atoms with Crippen molar-refractivity contribution in [2.45, 2.75) is 46.9 Å². The second-order valence-corrected chi connectivity index (χ2v) is 6.44. The van der Waals surface area contributed by atoms with Gasteiger partial charge >= 0.3 is 0 Å². The van der Waals surface area contributed by atoms with Crippen LogP contribution < -0.4 is 5.46 Å². The molecular weight excluding hydrogens is 231 g/mol. The number of benzene rings is 1. The summed E-state index contributed by atoms with van der Waals surface area (Å²) in [5, 5.41) is -0.149. The highest BCUT2D eigenvalue weighted by molar-refractivity contribution is 6.57. The van der Waals surface area contributed by atoms with Crippen molar-refractivity contribution < 1.29 is 4.79 Å². The fourth-order valence-corrected chi connectivity index (χ4v) is 1.94. The third-order valence-electron chi connectivity index (χ3n) is 2.83. The van der Waals surface area contributed by atoms with Crippen molar-refractivity contribution in [1.82, 2.24) is 0 Å². The van der Waals surface area contributed by atoms with Gasteiger partial charge in [0.15, 0.2) is 13.1 Å². The molecular formula is C17H22BO. The molecule has 0 spiro atoms. The minimum absolute atomic E-state index is 0.149. The van der Waals surface area contributed by atoms with E-state index in [0.717, 1.165) is 11.0 Å². The predicted molar refractivity (Wildman–Crippen MR) is 83.1 cm³/mol. The molecule has 1 nitrogen and oxygen atoms in total. The number of hydrogen-bond acceptors (Lipinski definition) is 1. The second-order valence-electron chi connectivity index (χ2n) is 6.44. The van der Waals surface area contributed by atoms with Gasteiger partial charge in [-0.3, -0.25) is 4.79 Å². The van der Waals surface area contributed by atoms with Crippen LogP contribution in [0.1, 0.15) is 51.9 Å². The second kappa shape index (κ2) is 5.65. The van der Waals surface area contributed by atoms with Gasteiger partial charge in [-0.25, -0.2) is 0 Å². The van der Waals surface area contributed by atoms with E-state index in [2.05, 4.69) is 33.0 Å². The van der Waals surface area contributed by atoms with Crippen LogP contribution in [0.25, 0.3) is 0 Å². The highest BCUT2D eigenvalue weighted by Gasteiger charge is 2.23. The van der Waals surface area contributed by atoms with Gasteiger partial charge in [-0.2, -0.15) is 0 Å². The number of hydrogen-bond donors (Lipinski definition) is 0. The summed E-state index contributed by atoms with van der Waals surface area (Å²) in [6.45, 7) is 11.8. The summed E-state index contributed by atoms with van der Waals surface area (Å²) in [6, 6.07) is 7.76. The summed E-state index contributed by atoms with van der Waals surface area (Å²) < 4.78 is 0. The number of carbonyl (C=O) groups excluding carboxylic acids is 1. The third-order valence-corrected chi connectivity index (χ3v) is 2.83. The first kappa shape index (κ1) is 15.6. The van der Waals surface area contributed by atoms with Crippen LogP contribution in [0.4, 0.5) is 0 Å². The first-order chi connectivity index (χ1) is 8.65. The van der Waals surface area contributed by atoms with E-state index in [9.17, 15) is 4.79 Å². The Morgan fingerprint density at radius 1 is 1.05 bits per heavy atom. The van der Waals surface area contributed by atoms with E-state index in [1.807, 2.05) is 52.0 Å². The van der Waals surface area contributed by atoms with Gasteiger partial charge in [-0.1, -0.05) is 64.3 Å². The van der Waals surface area contributed by atoms with E-state index >= 15 is 0 Å². The Morgan fingerprint density at radius 2 is 1.58 bits per heavy atom. The first-order valence-electron chi connectivity index (χ1n) is 6.60. The maximum Gasteiger partial charge on any atom is 0.174 e. The van der Waals surface area contributed by atoms with Gasteiger partial charge in [-0.15, -0.1) is 11.8 Å². The molecule has 0 aliphatic rings. The average molecular weight is 253 g/mol. The summed E-state index contributed by atoms with van der Waals surface area (Å²) >= 11 is 0. The largest absolute Gasteiger partial charge is 0.294 e. The molecule has 99 valence electrons. The molecule has 2 heteroatoms. The monoisotopic (exact) mass is 253 g/mol. The van der Waals surface area contributed by atoms with Crippen molar-refractivity contribution in [1.29, 1.82) is 0 Å². The highest BCUT2D eigenvalue weighted by Crippen LogP contribution is 2.22. The summed E-state index contributed by atoms with van der Waals surface area (Å²) in [5.41, 5.74) is 1.53. The quantitative estimate of drug-likeness (QED) is 0.458. The van der Waals surface area contributed by atoms with Gasteiger partial charge in [0.25, 0.3) is 0 Å². The molecule has 0 heterocycles. The summed E-state index contributed by atoms with van der Waals surface area (Å²) in [4.78, 5) is 12.1. The van der Waals surface area contributed by atoms with Crippen molar-refractivity contribution in [2.75, 3.05) is 0 Å². The van der Waals surface area contributed by atoms with Gasteiger partial charge in [0, 0.05) is 16.3 Å². The van der Waals surface area contributed by atoms with Gasteiger partial charge in [0.1, 0.15) is 0 Å². The molecule has 0 aliphatic carbocycles. The molecule has 0 bridgehead atoms. The molecule has 1 aromatic carbocycles. The van der Waals surface area contributed by atoms with Crippen LogP contribution in [0, 0.1) is 17.3 Å². The van der Waals surface area contributed by atoms with Gasteiger partial charge < -0.3 is 0 Å². The zero-order valence-electron chi connectivity index (χ0n) is 12.8. The third kappa shape index (κ3) is 4.60. The van der Waals surface area contributed by atoms with Crippen molar-refractivity contribution in [2.24, 2.45) is 5.41 Å². The number of ketones is 1. The fraction of sp³-hybridized carbons (Fsp3) is 0.471. The van der Waals surface area contributed by atoms with E-state index < -0.39 is 0 Å². The molecule has 0 amide bonds. The van der Waals surface area contributed by atoms with Crippen molar-refractivity contribution in [3.05, 3.63) is 29.8 Å². The van der Waals surface area contributed by atoms with Crippen LogP contribution in [0.3, 0.4) is 0 Å². The number of Topliss-reactive ketones (excluding diaryl/α,β-unsaturated/α-hetero) is 1. The van der Waals surface area contributed by atoms with Crippen LogP contribution in [0.5, 0.6) is 0 Å². The van der Waals surface area contributed by atoms with Gasteiger partial charge in [0.2, 0.25) is 0 Å². The summed E-state index contributed by atoms with van der Waals surface area (Å²) in [5.74, 6) is 6.27. The Hall–Kier alpha value is -1.49. The van der Waals surface area contributed by atoms with Crippen LogP contribution >= 0.6 is 0 Å². The van der Waals surface area contributed by atoms with E-state index in [-0.39, 0.29) is 16.5 Å². The molecule has 1 aromatic rings. The summed E-state index contributed by atoms with van der Waals surface area (Å²) in [7, 11) is 2.12. The molecule has 1 rings (SSSR count). The molecule has 0 aromatic heterocycles. The standard InChI is InChI=1S/C17H22BO/c1-7-12-17(5,6)18-14-10-8-13(9-11-14)15(19)16(2,3)4/h8-11H,1-6H3. The van der Waals surface area contributed by atoms with Crippen LogP contribution in [-0.2, 0) is 0 Å². The SMILES string of the molecule is CC#CC(C)(C)[B]c1ccc(C(=O)C(C)(C)C)cc1. The molecule has 0 fully saturated rings. The van der Waals surface area contributed by atoms with Crippen LogP contribution in [0.2, 0.25) is 5.31 Å². The Morgan fingerprint density at radius 3 is 2.00 bits per heavy atom. The molecule has 0 saturated heterocycles. The topological polar surface area (TPSA) is 17.1 Å².